The van der Waals surface area contributed by atoms with Gasteiger partial charge in [-0.15, -0.1) is 0 Å². The normalized spacial score (nSPS) is 15.6. The van der Waals surface area contributed by atoms with E-state index in [1.807, 2.05) is 46.0 Å². The van der Waals surface area contributed by atoms with Gasteiger partial charge in [0.1, 0.15) is 16.9 Å². The zero-order chi connectivity index (χ0) is 24.8. The van der Waals surface area contributed by atoms with Crippen LogP contribution >= 0.6 is 11.3 Å². The maximum Gasteiger partial charge on any atom is 0.259 e. The SMILES string of the molecule is CCC1CCCCN1C(=O)c1cn(Cc2cccc(OC)c2)cc(C(=O)NCc2ccsc2)c1=O. The van der Waals surface area contributed by atoms with Gasteiger partial charge in [-0.25, -0.2) is 0 Å². The van der Waals surface area contributed by atoms with Gasteiger partial charge in [0.05, 0.1) is 7.11 Å². The molecule has 8 heteroatoms. The molecule has 4 rings (SSSR count). The molecule has 0 spiro atoms. The molecule has 1 aliphatic rings. The third-order valence-corrected chi connectivity index (χ3v) is 7.18. The first-order valence-corrected chi connectivity index (χ1v) is 12.9. The second kappa shape index (κ2) is 11.4. The summed E-state index contributed by atoms with van der Waals surface area (Å²) in [7, 11) is 1.61. The fourth-order valence-electron chi connectivity index (χ4n) is 4.54. The molecule has 3 aromatic rings. The molecule has 0 radical (unpaired) electrons. The maximum atomic E-state index is 13.6. The number of pyridine rings is 1. The van der Waals surface area contributed by atoms with Crippen molar-refractivity contribution in [2.75, 3.05) is 13.7 Å². The summed E-state index contributed by atoms with van der Waals surface area (Å²) in [5.74, 6) is -0.0676. The van der Waals surface area contributed by atoms with Crippen LogP contribution in [-0.2, 0) is 13.1 Å². The molecule has 1 saturated heterocycles. The molecule has 1 unspecified atom stereocenters. The molecule has 1 aromatic carbocycles. The number of hydrogen-bond donors (Lipinski definition) is 1. The summed E-state index contributed by atoms with van der Waals surface area (Å²) in [5.41, 5.74) is 1.38. The summed E-state index contributed by atoms with van der Waals surface area (Å²) < 4.78 is 7.07. The Morgan fingerprint density at radius 1 is 1.14 bits per heavy atom. The Morgan fingerprint density at radius 3 is 2.71 bits per heavy atom. The molecule has 2 amide bonds. The number of carbonyl (C=O) groups excluding carboxylic acids is 2. The number of methoxy groups -OCH3 is 1. The van der Waals surface area contributed by atoms with Crippen LogP contribution in [0.25, 0.3) is 0 Å². The Hall–Kier alpha value is -3.39. The molecule has 1 fully saturated rings. The zero-order valence-electron chi connectivity index (χ0n) is 20.2. The molecule has 1 N–H and O–H groups in total. The largest absolute Gasteiger partial charge is 0.497 e. The lowest BCUT2D eigenvalue weighted by Crippen LogP contribution is -2.45. The molecule has 2 aromatic heterocycles. The van der Waals surface area contributed by atoms with E-state index >= 15 is 0 Å². The van der Waals surface area contributed by atoms with Crippen molar-refractivity contribution >= 4 is 23.2 Å². The van der Waals surface area contributed by atoms with Crippen LogP contribution < -0.4 is 15.5 Å². The van der Waals surface area contributed by atoms with Gasteiger partial charge in [0, 0.05) is 38.1 Å². The van der Waals surface area contributed by atoms with E-state index in [1.54, 1.807) is 29.2 Å². The van der Waals surface area contributed by atoms with Crippen molar-refractivity contribution in [3.8, 4) is 5.75 Å². The second-order valence-electron chi connectivity index (χ2n) is 8.81. The fraction of sp³-hybridized carbons (Fsp3) is 0.370. The smallest absolute Gasteiger partial charge is 0.259 e. The number of aromatic nitrogens is 1. The van der Waals surface area contributed by atoms with Gasteiger partial charge in [-0.2, -0.15) is 11.3 Å². The van der Waals surface area contributed by atoms with Crippen LogP contribution in [0.3, 0.4) is 0 Å². The number of benzene rings is 1. The number of thiophene rings is 1. The highest BCUT2D eigenvalue weighted by molar-refractivity contribution is 7.07. The highest BCUT2D eigenvalue weighted by Gasteiger charge is 2.29. The minimum atomic E-state index is -0.528. The lowest BCUT2D eigenvalue weighted by molar-refractivity contribution is 0.0605. The molecule has 184 valence electrons. The average Bonchev–Trinajstić information content (AvgIpc) is 3.41. The summed E-state index contributed by atoms with van der Waals surface area (Å²) in [6.07, 6.45) is 6.89. The third kappa shape index (κ3) is 5.82. The summed E-state index contributed by atoms with van der Waals surface area (Å²) in [6, 6.07) is 9.61. The van der Waals surface area contributed by atoms with Crippen LogP contribution in [0.5, 0.6) is 5.75 Å². The monoisotopic (exact) mass is 493 g/mol. The average molecular weight is 494 g/mol. The van der Waals surface area contributed by atoms with E-state index in [4.69, 9.17) is 4.74 Å². The van der Waals surface area contributed by atoms with Crippen molar-refractivity contribution < 1.29 is 14.3 Å². The Morgan fingerprint density at radius 2 is 1.97 bits per heavy atom. The number of ether oxygens (including phenoxy) is 1. The quantitative estimate of drug-likeness (QED) is 0.507. The molecule has 35 heavy (non-hydrogen) atoms. The standard InChI is InChI=1S/C27H31N3O4S/c1-3-21-8-4-5-11-30(21)27(33)24-17-29(15-19-7-6-9-22(13-19)34-2)16-23(25(24)31)26(32)28-14-20-10-12-35-18-20/h6-7,9-10,12-13,16-18,21H,3-5,8,11,14-15H2,1-2H3,(H,28,32). The van der Waals surface area contributed by atoms with Crippen LogP contribution in [-0.4, -0.2) is 41.0 Å². The minimum Gasteiger partial charge on any atom is -0.497 e. The number of hydrogen-bond acceptors (Lipinski definition) is 5. The molecule has 0 aliphatic carbocycles. The fourth-order valence-corrected chi connectivity index (χ4v) is 5.20. The second-order valence-corrected chi connectivity index (χ2v) is 9.59. The van der Waals surface area contributed by atoms with Crippen molar-refractivity contribution in [3.05, 3.63) is 86.0 Å². The molecule has 7 nitrogen and oxygen atoms in total. The summed E-state index contributed by atoms with van der Waals surface area (Å²) in [6.45, 7) is 3.40. The van der Waals surface area contributed by atoms with E-state index in [-0.39, 0.29) is 23.1 Å². The van der Waals surface area contributed by atoms with E-state index in [0.29, 0.717) is 25.4 Å². The lowest BCUT2D eigenvalue weighted by Gasteiger charge is -2.35. The molecule has 3 heterocycles. The van der Waals surface area contributed by atoms with Gasteiger partial charge in [0.15, 0.2) is 0 Å². The van der Waals surface area contributed by atoms with E-state index in [0.717, 1.165) is 36.8 Å². The maximum absolute atomic E-state index is 13.6. The first kappa shape index (κ1) is 24.7. The van der Waals surface area contributed by atoms with Gasteiger partial charge in [-0.3, -0.25) is 14.4 Å². The van der Waals surface area contributed by atoms with Crippen LogP contribution in [0.1, 0.15) is 64.4 Å². The summed E-state index contributed by atoms with van der Waals surface area (Å²) in [5, 5.41) is 6.71. The van der Waals surface area contributed by atoms with Gasteiger partial charge in [-0.1, -0.05) is 19.1 Å². The van der Waals surface area contributed by atoms with Gasteiger partial charge < -0.3 is 19.5 Å². The summed E-state index contributed by atoms with van der Waals surface area (Å²) in [4.78, 5) is 41.9. The zero-order valence-corrected chi connectivity index (χ0v) is 21.0. The van der Waals surface area contributed by atoms with Gasteiger partial charge in [0.2, 0.25) is 5.43 Å². The van der Waals surface area contributed by atoms with E-state index < -0.39 is 11.3 Å². The number of amides is 2. The molecular formula is C27H31N3O4S. The molecule has 1 atom stereocenters. The molecule has 0 bridgehead atoms. The van der Waals surface area contributed by atoms with Crippen LogP contribution in [0.15, 0.2) is 58.3 Å². The van der Waals surface area contributed by atoms with E-state index in [9.17, 15) is 14.4 Å². The van der Waals surface area contributed by atoms with Gasteiger partial charge >= 0.3 is 0 Å². The number of nitrogens with zero attached hydrogens (tertiary/aromatic N) is 2. The highest BCUT2D eigenvalue weighted by atomic mass is 32.1. The number of carbonyl (C=O) groups is 2. The Bertz CT molecular complexity index is 1240. The predicted octanol–water partition coefficient (Wildman–Crippen LogP) is 4.30. The first-order chi connectivity index (χ1) is 17.0. The van der Waals surface area contributed by atoms with Crippen LogP contribution in [0.4, 0.5) is 0 Å². The van der Waals surface area contributed by atoms with Crippen molar-refractivity contribution in [3.63, 3.8) is 0 Å². The molecular weight excluding hydrogens is 462 g/mol. The van der Waals surface area contributed by atoms with E-state index in [1.165, 1.54) is 6.20 Å². The molecule has 1 aliphatic heterocycles. The number of rotatable bonds is 8. The topological polar surface area (TPSA) is 80.6 Å². The number of likely N-dealkylation sites (tertiary alicyclic amines) is 1. The van der Waals surface area contributed by atoms with Gasteiger partial charge in [0.25, 0.3) is 11.8 Å². The summed E-state index contributed by atoms with van der Waals surface area (Å²) >= 11 is 1.54. The van der Waals surface area contributed by atoms with Gasteiger partial charge in [-0.05, 0) is 65.8 Å². The first-order valence-electron chi connectivity index (χ1n) is 12.0. The Kier molecular flexibility index (Phi) is 8.02. The van der Waals surface area contributed by atoms with Crippen molar-refractivity contribution in [1.29, 1.82) is 0 Å². The van der Waals surface area contributed by atoms with Crippen molar-refractivity contribution in [2.45, 2.75) is 51.7 Å². The highest BCUT2D eigenvalue weighted by Crippen LogP contribution is 2.21. The lowest BCUT2D eigenvalue weighted by atomic mass is 9.98. The minimum absolute atomic E-state index is 0.0287. The van der Waals surface area contributed by atoms with E-state index in [2.05, 4.69) is 12.2 Å². The predicted molar refractivity (Wildman–Crippen MR) is 137 cm³/mol. The van der Waals surface area contributed by atoms with Crippen LogP contribution in [0, 0.1) is 0 Å². The molecule has 0 saturated carbocycles. The van der Waals surface area contributed by atoms with Crippen molar-refractivity contribution in [1.82, 2.24) is 14.8 Å². The van der Waals surface area contributed by atoms with Crippen LogP contribution in [0.2, 0.25) is 0 Å². The Balaban J connectivity index is 1.69. The van der Waals surface area contributed by atoms with Crippen molar-refractivity contribution in [2.24, 2.45) is 0 Å². The number of nitrogens with one attached hydrogen (secondary N) is 1. The Labute approximate surface area is 209 Å². The third-order valence-electron chi connectivity index (χ3n) is 6.45. The number of piperidine rings is 1.